The standard InChI is InChI=1S/C14H13N3O2/c15-9-2-3-11(16)10(6-9)14(17)8-1-4-12-13(5-8)19-7-18-12/h1-6,17H,7,15-16H2. The first-order chi connectivity index (χ1) is 9.15. The first-order valence-electron chi connectivity index (χ1n) is 5.79. The SMILES string of the molecule is N=C(c1ccc2c(c1)OCO2)c1cc(N)ccc1N. The lowest BCUT2D eigenvalue weighted by Crippen LogP contribution is -2.06. The van der Waals surface area contributed by atoms with Gasteiger partial charge in [0, 0.05) is 22.5 Å². The molecule has 5 N–H and O–H groups in total. The molecule has 19 heavy (non-hydrogen) atoms. The van der Waals surface area contributed by atoms with Gasteiger partial charge in [-0.3, -0.25) is 5.41 Å². The molecular formula is C14H13N3O2. The smallest absolute Gasteiger partial charge is 0.231 e. The van der Waals surface area contributed by atoms with Crippen molar-refractivity contribution >= 4 is 17.1 Å². The van der Waals surface area contributed by atoms with Crippen molar-refractivity contribution in [3.63, 3.8) is 0 Å². The maximum atomic E-state index is 8.24. The number of rotatable bonds is 2. The van der Waals surface area contributed by atoms with Crippen molar-refractivity contribution in [1.82, 2.24) is 0 Å². The number of nitrogens with two attached hydrogens (primary N) is 2. The quantitative estimate of drug-likeness (QED) is 0.565. The van der Waals surface area contributed by atoms with Gasteiger partial charge >= 0.3 is 0 Å². The molecule has 3 rings (SSSR count). The second kappa shape index (κ2) is 4.20. The van der Waals surface area contributed by atoms with Gasteiger partial charge in [-0.1, -0.05) is 0 Å². The van der Waals surface area contributed by atoms with Gasteiger partial charge in [0.2, 0.25) is 6.79 Å². The third-order valence-electron chi connectivity index (χ3n) is 3.01. The number of nitrogens with one attached hydrogen (secondary N) is 1. The van der Waals surface area contributed by atoms with Crippen LogP contribution in [0, 0.1) is 5.41 Å². The second-order valence-corrected chi connectivity index (χ2v) is 4.29. The van der Waals surface area contributed by atoms with Gasteiger partial charge in [0.1, 0.15) is 0 Å². The van der Waals surface area contributed by atoms with Crippen LogP contribution in [0.3, 0.4) is 0 Å². The molecule has 0 aliphatic carbocycles. The molecule has 0 radical (unpaired) electrons. The summed E-state index contributed by atoms with van der Waals surface area (Å²) in [6.45, 7) is 0.215. The number of fused-ring (bicyclic) bond motifs is 1. The van der Waals surface area contributed by atoms with E-state index in [0.717, 1.165) is 0 Å². The zero-order valence-corrected chi connectivity index (χ0v) is 10.1. The van der Waals surface area contributed by atoms with Gasteiger partial charge < -0.3 is 20.9 Å². The zero-order chi connectivity index (χ0) is 13.4. The van der Waals surface area contributed by atoms with E-state index in [0.29, 0.717) is 39.7 Å². The van der Waals surface area contributed by atoms with Crippen molar-refractivity contribution in [2.24, 2.45) is 0 Å². The van der Waals surface area contributed by atoms with Crippen molar-refractivity contribution in [3.8, 4) is 11.5 Å². The average molecular weight is 255 g/mol. The molecule has 2 aromatic rings. The van der Waals surface area contributed by atoms with Gasteiger partial charge in [0.25, 0.3) is 0 Å². The predicted octanol–water partition coefficient (Wildman–Crippen LogP) is 2.00. The molecule has 0 saturated heterocycles. The number of nitrogen functional groups attached to an aromatic ring is 2. The molecule has 0 bridgehead atoms. The van der Waals surface area contributed by atoms with Gasteiger partial charge in [0.05, 0.1) is 5.71 Å². The van der Waals surface area contributed by atoms with E-state index >= 15 is 0 Å². The Morgan fingerprint density at radius 2 is 1.79 bits per heavy atom. The summed E-state index contributed by atoms with van der Waals surface area (Å²) in [5.41, 5.74) is 14.4. The molecule has 0 spiro atoms. The number of benzene rings is 2. The van der Waals surface area contributed by atoms with Crippen molar-refractivity contribution in [3.05, 3.63) is 47.5 Å². The first kappa shape index (κ1) is 11.4. The Kier molecular flexibility index (Phi) is 2.52. The summed E-state index contributed by atoms with van der Waals surface area (Å²) in [7, 11) is 0. The maximum absolute atomic E-state index is 8.24. The lowest BCUT2D eigenvalue weighted by molar-refractivity contribution is 0.174. The lowest BCUT2D eigenvalue weighted by Gasteiger charge is -2.09. The third kappa shape index (κ3) is 1.95. The van der Waals surface area contributed by atoms with Gasteiger partial charge in [-0.25, -0.2) is 0 Å². The van der Waals surface area contributed by atoms with Crippen LogP contribution in [0.5, 0.6) is 11.5 Å². The minimum Gasteiger partial charge on any atom is -0.454 e. The van der Waals surface area contributed by atoms with Crippen LogP contribution in [0.2, 0.25) is 0 Å². The summed E-state index contributed by atoms with van der Waals surface area (Å²) in [5.74, 6) is 1.34. The Labute approximate surface area is 110 Å². The minimum absolute atomic E-state index is 0.215. The van der Waals surface area contributed by atoms with E-state index in [2.05, 4.69) is 0 Å². The molecule has 1 aliphatic rings. The second-order valence-electron chi connectivity index (χ2n) is 4.29. The van der Waals surface area contributed by atoms with Crippen LogP contribution >= 0.6 is 0 Å². The summed E-state index contributed by atoms with van der Waals surface area (Å²) in [6, 6.07) is 10.5. The summed E-state index contributed by atoms with van der Waals surface area (Å²) in [5, 5.41) is 8.24. The highest BCUT2D eigenvalue weighted by Crippen LogP contribution is 2.33. The van der Waals surface area contributed by atoms with Gasteiger partial charge in [0.15, 0.2) is 11.5 Å². The van der Waals surface area contributed by atoms with Gasteiger partial charge in [-0.05, 0) is 36.4 Å². The van der Waals surface area contributed by atoms with Crippen LogP contribution in [0.4, 0.5) is 11.4 Å². The molecular weight excluding hydrogens is 242 g/mol. The molecule has 1 heterocycles. The zero-order valence-electron chi connectivity index (χ0n) is 10.1. The summed E-state index contributed by atoms with van der Waals surface area (Å²) >= 11 is 0. The average Bonchev–Trinajstić information content (AvgIpc) is 2.88. The Balaban J connectivity index is 2.02. The summed E-state index contributed by atoms with van der Waals surface area (Å²) in [6.07, 6.45) is 0. The van der Waals surface area contributed by atoms with E-state index < -0.39 is 0 Å². The molecule has 96 valence electrons. The number of anilines is 2. The number of ether oxygens (including phenoxy) is 2. The normalized spacial score (nSPS) is 12.4. The van der Waals surface area contributed by atoms with Crippen molar-refractivity contribution in [2.75, 3.05) is 18.3 Å². The van der Waals surface area contributed by atoms with Crippen LogP contribution in [0.25, 0.3) is 0 Å². The molecule has 0 saturated carbocycles. The molecule has 0 atom stereocenters. The van der Waals surface area contributed by atoms with E-state index in [1.807, 2.05) is 0 Å². The monoisotopic (exact) mass is 255 g/mol. The molecule has 0 amide bonds. The minimum atomic E-state index is 0.215. The van der Waals surface area contributed by atoms with E-state index in [1.54, 1.807) is 36.4 Å². The topological polar surface area (TPSA) is 94.3 Å². The van der Waals surface area contributed by atoms with Crippen LogP contribution < -0.4 is 20.9 Å². The Morgan fingerprint density at radius 3 is 2.63 bits per heavy atom. The number of hydrogen-bond donors (Lipinski definition) is 3. The van der Waals surface area contributed by atoms with Crippen LogP contribution in [-0.2, 0) is 0 Å². The highest BCUT2D eigenvalue weighted by atomic mass is 16.7. The highest BCUT2D eigenvalue weighted by molar-refractivity contribution is 6.14. The first-order valence-corrected chi connectivity index (χ1v) is 5.79. The van der Waals surface area contributed by atoms with Crippen molar-refractivity contribution in [1.29, 1.82) is 5.41 Å². The fraction of sp³-hybridized carbons (Fsp3) is 0.0714. The lowest BCUT2D eigenvalue weighted by atomic mass is 10.00. The fourth-order valence-electron chi connectivity index (χ4n) is 2.00. The largest absolute Gasteiger partial charge is 0.454 e. The van der Waals surface area contributed by atoms with E-state index in [-0.39, 0.29) is 6.79 Å². The molecule has 0 aromatic heterocycles. The van der Waals surface area contributed by atoms with Gasteiger partial charge in [-0.2, -0.15) is 0 Å². The molecule has 5 nitrogen and oxygen atoms in total. The third-order valence-corrected chi connectivity index (χ3v) is 3.01. The molecule has 2 aromatic carbocycles. The van der Waals surface area contributed by atoms with E-state index in [9.17, 15) is 0 Å². The van der Waals surface area contributed by atoms with E-state index in [4.69, 9.17) is 26.4 Å². The molecule has 5 heteroatoms. The van der Waals surface area contributed by atoms with Crippen LogP contribution in [0.15, 0.2) is 36.4 Å². The highest BCUT2D eigenvalue weighted by Gasteiger charge is 2.16. The van der Waals surface area contributed by atoms with E-state index in [1.165, 1.54) is 0 Å². The van der Waals surface area contributed by atoms with Gasteiger partial charge in [-0.15, -0.1) is 0 Å². The van der Waals surface area contributed by atoms with Crippen molar-refractivity contribution in [2.45, 2.75) is 0 Å². The molecule has 0 unspecified atom stereocenters. The Morgan fingerprint density at radius 1 is 1.00 bits per heavy atom. The van der Waals surface area contributed by atoms with Crippen molar-refractivity contribution < 1.29 is 9.47 Å². The number of hydrogen-bond acceptors (Lipinski definition) is 5. The summed E-state index contributed by atoms with van der Waals surface area (Å²) < 4.78 is 10.5. The molecule has 0 fully saturated rings. The maximum Gasteiger partial charge on any atom is 0.231 e. The van der Waals surface area contributed by atoms with Crippen LogP contribution in [0.1, 0.15) is 11.1 Å². The van der Waals surface area contributed by atoms with Crippen LogP contribution in [-0.4, -0.2) is 12.5 Å². The summed E-state index contributed by atoms with van der Waals surface area (Å²) in [4.78, 5) is 0. The Hall–Kier alpha value is -2.69. The fourth-order valence-corrected chi connectivity index (χ4v) is 2.00. The Bertz CT molecular complexity index is 668. The predicted molar refractivity (Wildman–Crippen MR) is 73.8 cm³/mol. The molecule has 1 aliphatic heterocycles.